The van der Waals surface area contributed by atoms with Gasteiger partial charge in [0.1, 0.15) is 12.4 Å². The number of H-pyrrole nitrogens is 1. The van der Waals surface area contributed by atoms with Crippen LogP contribution in [0.15, 0.2) is 12.4 Å². The number of imidazole rings is 1. The molecule has 0 aliphatic heterocycles. The third-order valence-corrected chi connectivity index (χ3v) is 14.1. The Morgan fingerprint density at radius 3 is 0.797 bits per heavy atom. The molecule has 59 heavy (non-hydrogen) atoms. The third-order valence-electron chi connectivity index (χ3n) is 14.1. The average Bonchev–Trinajstić information content (AvgIpc) is 3.74. The van der Waals surface area contributed by atoms with E-state index in [9.17, 15) is 0 Å². The number of hydrogen-bond acceptors (Lipinski definition) is 0. The number of nitrogens with one attached hydrogen (secondary N) is 1. The number of aromatic amines is 1. The predicted molar refractivity (Wildman–Crippen MR) is 267 cm³/mol. The molecular formula is C57H113N2+. The first kappa shape index (κ1) is 56.2. The van der Waals surface area contributed by atoms with E-state index in [0.29, 0.717) is 12.0 Å². The Morgan fingerprint density at radius 2 is 0.542 bits per heavy atom. The maximum absolute atomic E-state index is 3.81. The number of rotatable bonds is 50. The van der Waals surface area contributed by atoms with E-state index in [4.69, 9.17) is 0 Å². The van der Waals surface area contributed by atoms with Crippen LogP contribution in [0.1, 0.15) is 354 Å². The molecule has 2 atom stereocenters. The van der Waals surface area contributed by atoms with E-state index < -0.39 is 0 Å². The molecule has 0 saturated heterocycles. The second kappa shape index (κ2) is 46.7. The first-order valence-corrected chi connectivity index (χ1v) is 28.3. The lowest BCUT2D eigenvalue weighted by molar-refractivity contribution is -0.727. The molecular weight excluding hydrogens is 713 g/mol. The molecule has 0 spiro atoms. The Labute approximate surface area is 374 Å². The van der Waals surface area contributed by atoms with Crippen molar-refractivity contribution in [3.05, 3.63) is 18.2 Å². The first-order chi connectivity index (χ1) is 29.2. The van der Waals surface area contributed by atoms with Crippen molar-refractivity contribution in [1.29, 1.82) is 0 Å². The molecule has 2 heteroatoms. The van der Waals surface area contributed by atoms with Crippen LogP contribution < -0.4 is 4.57 Å². The van der Waals surface area contributed by atoms with Crippen molar-refractivity contribution in [3.63, 3.8) is 0 Å². The number of nitrogens with zero attached hydrogens (tertiary/aromatic N) is 1. The lowest BCUT2D eigenvalue weighted by atomic mass is 9.92. The Hall–Kier alpha value is -0.790. The lowest BCUT2D eigenvalue weighted by Gasteiger charge is -2.17. The second-order valence-electron chi connectivity index (χ2n) is 20.0. The molecule has 350 valence electrons. The maximum Gasteiger partial charge on any atom is 0.257 e. The highest BCUT2D eigenvalue weighted by Crippen LogP contribution is 2.28. The summed E-state index contributed by atoms with van der Waals surface area (Å²) < 4.78 is 2.67. The normalized spacial score (nSPS) is 12.8. The Balaban J connectivity index is 2.33. The number of aromatic nitrogens is 2. The van der Waals surface area contributed by atoms with E-state index in [1.807, 2.05) is 0 Å². The van der Waals surface area contributed by atoms with Crippen molar-refractivity contribution in [1.82, 2.24) is 4.98 Å². The molecule has 0 radical (unpaired) electrons. The Kier molecular flexibility index (Phi) is 44.5. The van der Waals surface area contributed by atoms with Crippen LogP contribution in [0, 0.1) is 0 Å². The van der Waals surface area contributed by atoms with Crippen LogP contribution in [-0.2, 0) is 0 Å². The van der Waals surface area contributed by atoms with Crippen LogP contribution in [0.5, 0.6) is 0 Å². The predicted octanol–water partition coefficient (Wildman–Crippen LogP) is 20.7. The molecule has 2 unspecified atom stereocenters. The van der Waals surface area contributed by atoms with Crippen molar-refractivity contribution < 1.29 is 4.57 Å². The summed E-state index contributed by atoms with van der Waals surface area (Å²) in [6.45, 7) is 9.45. The van der Waals surface area contributed by atoms with Gasteiger partial charge in [0.05, 0.1) is 12.0 Å². The fourth-order valence-electron chi connectivity index (χ4n) is 9.96. The fraction of sp³-hybridized carbons (Fsp3) is 0.947. The summed E-state index contributed by atoms with van der Waals surface area (Å²) in [6, 6.07) is 0.614. The van der Waals surface area contributed by atoms with E-state index in [1.54, 1.807) is 5.82 Å². The minimum Gasteiger partial charge on any atom is -0.247 e. The van der Waals surface area contributed by atoms with Crippen molar-refractivity contribution in [2.75, 3.05) is 0 Å². The van der Waals surface area contributed by atoms with E-state index in [2.05, 4.69) is 49.6 Å². The number of hydrogen-bond donors (Lipinski definition) is 1. The van der Waals surface area contributed by atoms with E-state index in [-0.39, 0.29) is 0 Å². The molecule has 1 aromatic heterocycles. The fourth-order valence-corrected chi connectivity index (χ4v) is 9.96. The highest BCUT2D eigenvalue weighted by atomic mass is 15.1. The van der Waals surface area contributed by atoms with Gasteiger partial charge in [-0.15, -0.1) is 0 Å². The van der Waals surface area contributed by atoms with Crippen LogP contribution >= 0.6 is 0 Å². The van der Waals surface area contributed by atoms with Crippen molar-refractivity contribution >= 4 is 0 Å². The molecule has 1 heterocycles. The molecule has 1 aromatic rings. The van der Waals surface area contributed by atoms with Crippen LogP contribution in [0.2, 0.25) is 0 Å². The van der Waals surface area contributed by atoms with Gasteiger partial charge in [-0.25, -0.2) is 9.55 Å². The largest absolute Gasteiger partial charge is 0.257 e. The smallest absolute Gasteiger partial charge is 0.247 e. The maximum atomic E-state index is 3.81. The Morgan fingerprint density at radius 1 is 0.322 bits per heavy atom. The van der Waals surface area contributed by atoms with Gasteiger partial charge in [-0.3, -0.25) is 0 Å². The van der Waals surface area contributed by atoms with Gasteiger partial charge in [0, 0.05) is 0 Å². The Bertz CT molecular complexity index is 904. The molecule has 0 aromatic carbocycles. The van der Waals surface area contributed by atoms with Gasteiger partial charge in [0.2, 0.25) is 0 Å². The van der Waals surface area contributed by atoms with Crippen LogP contribution in [0.4, 0.5) is 0 Å². The van der Waals surface area contributed by atoms with Crippen LogP contribution in [0.25, 0.3) is 0 Å². The molecule has 1 N–H and O–H groups in total. The zero-order valence-corrected chi connectivity index (χ0v) is 41.7. The highest BCUT2D eigenvalue weighted by molar-refractivity contribution is 4.90. The zero-order chi connectivity index (χ0) is 42.4. The number of unbranched alkanes of at least 4 members (excludes halogenated alkanes) is 42. The minimum atomic E-state index is 0.614. The van der Waals surface area contributed by atoms with E-state index in [0.717, 1.165) is 0 Å². The first-order valence-electron chi connectivity index (χ1n) is 28.3. The zero-order valence-electron chi connectivity index (χ0n) is 41.7. The summed E-state index contributed by atoms with van der Waals surface area (Å²) in [7, 11) is 0. The molecule has 0 fully saturated rings. The summed E-state index contributed by atoms with van der Waals surface area (Å²) in [5, 5.41) is 0. The van der Waals surface area contributed by atoms with E-state index in [1.165, 1.54) is 308 Å². The van der Waals surface area contributed by atoms with Crippen LogP contribution in [-0.4, -0.2) is 4.98 Å². The van der Waals surface area contributed by atoms with Gasteiger partial charge in [-0.2, -0.15) is 0 Å². The standard InChI is InChI=1S/C57H112N2/c1-5-8-11-14-17-20-23-26-28-30-32-34-37-40-43-46-49-52-56(51-48-45-42-39-36-33-31-29-27-24-21-18-15-12-9-6-2)57-58-53-54-59(57)55(4)50-47-44-41-38-35-25-22-19-16-13-10-7-3/h53-56H,5-52H2,1-4H3/p+1. The average molecular weight is 827 g/mol. The van der Waals surface area contributed by atoms with Crippen molar-refractivity contribution in [2.24, 2.45) is 0 Å². The molecule has 0 saturated carbocycles. The van der Waals surface area contributed by atoms with Gasteiger partial charge < -0.3 is 0 Å². The summed E-state index contributed by atoms with van der Waals surface area (Å²) >= 11 is 0. The highest BCUT2D eigenvalue weighted by Gasteiger charge is 2.25. The quantitative estimate of drug-likeness (QED) is 0.0499. The van der Waals surface area contributed by atoms with Crippen molar-refractivity contribution in [3.8, 4) is 0 Å². The second-order valence-corrected chi connectivity index (χ2v) is 20.0. The topological polar surface area (TPSA) is 19.7 Å². The summed E-state index contributed by atoms with van der Waals surface area (Å²) in [6.07, 6.45) is 74.0. The van der Waals surface area contributed by atoms with Gasteiger partial charge in [0.25, 0.3) is 5.82 Å². The molecule has 2 nitrogen and oxygen atoms in total. The third kappa shape index (κ3) is 37.5. The monoisotopic (exact) mass is 826 g/mol. The van der Waals surface area contributed by atoms with Crippen LogP contribution in [0.3, 0.4) is 0 Å². The van der Waals surface area contributed by atoms with Gasteiger partial charge in [0.15, 0.2) is 0 Å². The lowest BCUT2D eigenvalue weighted by Crippen LogP contribution is -2.41. The minimum absolute atomic E-state index is 0.614. The summed E-state index contributed by atoms with van der Waals surface area (Å²) in [5.74, 6) is 2.26. The van der Waals surface area contributed by atoms with Gasteiger partial charge in [-0.1, -0.05) is 303 Å². The van der Waals surface area contributed by atoms with E-state index >= 15 is 0 Å². The summed E-state index contributed by atoms with van der Waals surface area (Å²) in [5.41, 5.74) is 0. The molecule has 0 aliphatic carbocycles. The van der Waals surface area contributed by atoms with Gasteiger partial charge >= 0.3 is 0 Å². The van der Waals surface area contributed by atoms with Gasteiger partial charge in [-0.05, 0) is 32.6 Å². The molecule has 0 amide bonds. The van der Waals surface area contributed by atoms with Crippen molar-refractivity contribution in [2.45, 2.75) is 348 Å². The summed E-state index contributed by atoms with van der Waals surface area (Å²) in [4.78, 5) is 3.81. The molecule has 1 rings (SSSR count). The SMILES string of the molecule is CCCCCCCCCCCCCCCCCCCC(CCCCCCCCCCCCCCCCCC)c1[nH]cc[n+]1C(C)CCCCCCCCCCCCCC. The molecule has 0 aliphatic rings. The molecule has 0 bridgehead atoms.